The minimum Gasteiger partial charge on any atom is -0.310 e. The molecular formula is C19H27N. The summed E-state index contributed by atoms with van der Waals surface area (Å²) in [4.78, 5) is 0. The van der Waals surface area contributed by atoms with Crippen LogP contribution in [-0.4, -0.2) is 6.54 Å². The lowest BCUT2D eigenvalue weighted by atomic mass is 10.0. The number of allylic oxidation sites excluding steroid dienone is 4. The fraction of sp³-hybridized carbons (Fsp3) is 0.368. The SMILES string of the molecule is C=CC=CCC=CCC(NCCCC)c1ccccc1. The van der Waals surface area contributed by atoms with Crippen molar-refractivity contribution in [3.8, 4) is 0 Å². The first-order valence-electron chi connectivity index (χ1n) is 7.59. The second-order valence-electron chi connectivity index (χ2n) is 4.88. The summed E-state index contributed by atoms with van der Waals surface area (Å²) in [6.07, 6.45) is 14.9. The summed E-state index contributed by atoms with van der Waals surface area (Å²) in [6.45, 7) is 6.98. The van der Waals surface area contributed by atoms with Gasteiger partial charge in [0, 0.05) is 6.04 Å². The molecular weight excluding hydrogens is 242 g/mol. The molecule has 0 aliphatic heterocycles. The summed E-state index contributed by atoms with van der Waals surface area (Å²) in [5.41, 5.74) is 1.37. The number of hydrogen-bond donors (Lipinski definition) is 1. The highest BCUT2D eigenvalue weighted by molar-refractivity contribution is 5.19. The van der Waals surface area contributed by atoms with E-state index in [-0.39, 0.29) is 0 Å². The van der Waals surface area contributed by atoms with Gasteiger partial charge < -0.3 is 5.32 Å². The summed E-state index contributed by atoms with van der Waals surface area (Å²) < 4.78 is 0. The van der Waals surface area contributed by atoms with E-state index < -0.39 is 0 Å². The van der Waals surface area contributed by atoms with Crippen molar-refractivity contribution in [3.63, 3.8) is 0 Å². The van der Waals surface area contributed by atoms with Crippen molar-refractivity contribution in [2.24, 2.45) is 0 Å². The Hall–Kier alpha value is -1.60. The third kappa shape index (κ3) is 7.10. The van der Waals surface area contributed by atoms with Crippen molar-refractivity contribution < 1.29 is 0 Å². The Labute approximate surface area is 124 Å². The van der Waals surface area contributed by atoms with Gasteiger partial charge in [0.1, 0.15) is 0 Å². The van der Waals surface area contributed by atoms with Gasteiger partial charge in [0.2, 0.25) is 0 Å². The molecule has 0 saturated carbocycles. The van der Waals surface area contributed by atoms with Crippen LogP contribution in [0.3, 0.4) is 0 Å². The van der Waals surface area contributed by atoms with Crippen molar-refractivity contribution in [2.45, 2.75) is 38.6 Å². The first kappa shape index (κ1) is 16.5. The minimum absolute atomic E-state index is 0.419. The molecule has 1 nitrogen and oxygen atoms in total. The van der Waals surface area contributed by atoms with E-state index in [1.165, 1.54) is 18.4 Å². The van der Waals surface area contributed by atoms with Gasteiger partial charge in [-0.25, -0.2) is 0 Å². The van der Waals surface area contributed by atoms with Gasteiger partial charge >= 0.3 is 0 Å². The zero-order chi connectivity index (χ0) is 14.5. The van der Waals surface area contributed by atoms with Gasteiger partial charge in [0.05, 0.1) is 0 Å². The molecule has 1 rings (SSSR count). The van der Waals surface area contributed by atoms with Crippen LogP contribution < -0.4 is 5.32 Å². The molecule has 0 amide bonds. The fourth-order valence-corrected chi connectivity index (χ4v) is 2.06. The molecule has 0 aliphatic carbocycles. The number of benzene rings is 1. The average Bonchev–Trinajstić information content (AvgIpc) is 2.50. The monoisotopic (exact) mass is 269 g/mol. The first-order valence-corrected chi connectivity index (χ1v) is 7.59. The largest absolute Gasteiger partial charge is 0.310 e. The highest BCUT2D eigenvalue weighted by atomic mass is 14.9. The molecule has 1 aromatic carbocycles. The van der Waals surface area contributed by atoms with Gasteiger partial charge in [-0.1, -0.05) is 80.6 Å². The maximum Gasteiger partial charge on any atom is 0.0354 e. The predicted octanol–water partition coefficient (Wildman–Crippen LogP) is 5.20. The normalized spacial score (nSPS) is 13.1. The first-order chi connectivity index (χ1) is 9.88. The van der Waals surface area contributed by atoms with Crippen LogP contribution in [0.2, 0.25) is 0 Å². The number of nitrogens with one attached hydrogen (secondary N) is 1. The van der Waals surface area contributed by atoms with Gasteiger partial charge in [-0.05, 0) is 31.4 Å². The molecule has 0 fully saturated rings. The van der Waals surface area contributed by atoms with E-state index in [9.17, 15) is 0 Å². The topological polar surface area (TPSA) is 12.0 Å². The Morgan fingerprint density at radius 3 is 2.65 bits per heavy atom. The highest BCUT2D eigenvalue weighted by Gasteiger charge is 2.07. The summed E-state index contributed by atoms with van der Waals surface area (Å²) in [7, 11) is 0. The van der Waals surface area contributed by atoms with Crippen LogP contribution in [0.1, 0.15) is 44.2 Å². The van der Waals surface area contributed by atoms with Crippen LogP contribution in [-0.2, 0) is 0 Å². The lowest BCUT2D eigenvalue weighted by Gasteiger charge is -2.17. The van der Waals surface area contributed by atoms with E-state index in [4.69, 9.17) is 0 Å². The molecule has 1 atom stereocenters. The Morgan fingerprint density at radius 1 is 1.15 bits per heavy atom. The van der Waals surface area contributed by atoms with Crippen LogP contribution >= 0.6 is 0 Å². The molecule has 0 radical (unpaired) electrons. The molecule has 0 aliphatic rings. The van der Waals surface area contributed by atoms with Gasteiger partial charge in [-0.15, -0.1) is 0 Å². The molecule has 1 unspecified atom stereocenters. The van der Waals surface area contributed by atoms with Gasteiger partial charge in [0.25, 0.3) is 0 Å². The molecule has 0 spiro atoms. The standard InChI is InChI=1S/C19H27N/c1-3-5-7-8-9-13-16-19(20-17-6-4-2)18-14-11-10-12-15-18/h3,5,7,9-15,19-20H,1,4,6,8,16-17H2,2H3. The van der Waals surface area contributed by atoms with E-state index in [0.29, 0.717) is 6.04 Å². The van der Waals surface area contributed by atoms with Crippen molar-refractivity contribution in [1.82, 2.24) is 5.32 Å². The van der Waals surface area contributed by atoms with Crippen molar-refractivity contribution in [3.05, 3.63) is 72.9 Å². The summed E-state index contributed by atoms with van der Waals surface area (Å²) in [6, 6.07) is 11.1. The van der Waals surface area contributed by atoms with Crippen LogP contribution in [0.15, 0.2) is 67.3 Å². The lowest BCUT2D eigenvalue weighted by molar-refractivity contribution is 0.524. The Balaban J connectivity index is 2.50. The van der Waals surface area contributed by atoms with Gasteiger partial charge in [-0.3, -0.25) is 0 Å². The van der Waals surface area contributed by atoms with Crippen molar-refractivity contribution in [2.75, 3.05) is 6.54 Å². The molecule has 0 bridgehead atoms. The second-order valence-corrected chi connectivity index (χ2v) is 4.88. The van der Waals surface area contributed by atoms with Gasteiger partial charge in [-0.2, -0.15) is 0 Å². The van der Waals surface area contributed by atoms with Crippen LogP contribution in [0, 0.1) is 0 Å². The Morgan fingerprint density at radius 2 is 1.95 bits per heavy atom. The minimum atomic E-state index is 0.419. The number of hydrogen-bond acceptors (Lipinski definition) is 1. The predicted molar refractivity (Wildman–Crippen MR) is 89.8 cm³/mol. The third-order valence-corrected chi connectivity index (χ3v) is 3.21. The van der Waals surface area contributed by atoms with Gasteiger partial charge in [0.15, 0.2) is 0 Å². The van der Waals surface area contributed by atoms with E-state index in [0.717, 1.165) is 19.4 Å². The average molecular weight is 269 g/mol. The zero-order valence-corrected chi connectivity index (χ0v) is 12.6. The van der Waals surface area contributed by atoms with E-state index in [2.05, 4.69) is 67.4 Å². The van der Waals surface area contributed by atoms with Crippen molar-refractivity contribution in [1.29, 1.82) is 0 Å². The Kier molecular flexibility index (Phi) is 9.25. The summed E-state index contributed by atoms with van der Waals surface area (Å²) in [5, 5.41) is 3.65. The molecule has 20 heavy (non-hydrogen) atoms. The molecule has 0 aromatic heterocycles. The molecule has 0 heterocycles. The van der Waals surface area contributed by atoms with Crippen LogP contribution in [0.25, 0.3) is 0 Å². The maximum atomic E-state index is 3.67. The third-order valence-electron chi connectivity index (χ3n) is 3.21. The fourth-order valence-electron chi connectivity index (χ4n) is 2.06. The summed E-state index contributed by atoms with van der Waals surface area (Å²) >= 11 is 0. The quantitative estimate of drug-likeness (QED) is 0.350. The molecule has 1 aromatic rings. The molecule has 1 heteroatoms. The zero-order valence-electron chi connectivity index (χ0n) is 12.6. The van der Waals surface area contributed by atoms with E-state index in [1.807, 2.05) is 12.2 Å². The molecule has 1 N–H and O–H groups in total. The lowest BCUT2D eigenvalue weighted by Crippen LogP contribution is -2.21. The van der Waals surface area contributed by atoms with E-state index in [1.54, 1.807) is 0 Å². The van der Waals surface area contributed by atoms with Crippen LogP contribution in [0.5, 0.6) is 0 Å². The smallest absolute Gasteiger partial charge is 0.0354 e. The Bertz CT molecular complexity index is 403. The van der Waals surface area contributed by atoms with E-state index >= 15 is 0 Å². The number of rotatable bonds is 10. The highest BCUT2D eigenvalue weighted by Crippen LogP contribution is 2.17. The van der Waals surface area contributed by atoms with Crippen molar-refractivity contribution >= 4 is 0 Å². The van der Waals surface area contributed by atoms with Crippen LogP contribution in [0.4, 0.5) is 0 Å². The summed E-state index contributed by atoms with van der Waals surface area (Å²) in [5.74, 6) is 0. The maximum absolute atomic E-state index is 3.67. The number of unbranched alkanes of at least 4 members (excludes halogenated alkanes) is 1. The molecule has 0 saturated heterocycles. The second kappa shape index (κ2) is 11.2. The molecule has 108 valence electrons.